The maximum absolute atomic E-state index is 13.1. The van der Waals surface area contributed by atoms with Gasteiger partial charge in [-0.1, -0.05) is 23.7 Å². The Hall–Kier alpha value is -2.39. The van der Waals surface area contributed by atoms with Crippen LogP contribution in [0, 0.1) is 0 Å². The fraction of sp³-hybridized carbons (Fsp3) is 0.286. The molecule has 170 valence electrons. The quantitative estimate of drug-likeness (QED) is 0.413. The highest BCUT2D eigenvalue weighted by molar-refractivity contribution is 7.46. The van der Waals surface area contributed by atoms with Crippen molar-refractivity contribution in [3.05, 3.63) is 57.2 Å². The summed E-state index contributed by atoms with van der Waals surface area (Å²) in [6.07, 6.45) is -0.896. The van der Waals surface area contributed by atoms with Gasteiger partial charge in [-0.05, 0) is 32.1 Å². The van der Waals surface area contributed by atoms with Crippen molar-refractivity contribution in [2.24, 2.45) is 0 Å². The number of fused-ring (bicyclic) bond motifs is 1. The molecule has 2 heterocycles. The molecule has 2 aromatic carbocycles. The minimum absolute atomic E-state index is 0.0481. The molecule has 3 aromatic rings. The van der Waals surface area contributed by atoms with E-state index in [2.05, 4.69) is 4.52 Å². The first-order valence-corrected chi connectivity index (χ1v) is 11.5. The van der Waals surface area contributed by atoms with Crippen LogP contribution in [0.4, 0.5) is 0 Å². The molecule has 4 rings (SSSR count). The van der Waals surface area contributed by atoms with Crippen molar-refractivity contribution >= 4 is 30.4 Å². The maximum atomic E-state index is 13.1. The molecule has 32 heavy (non-hydrogen) atoms. The summed E-state index contributed by atoms with van der Waals surface area (Å²) >= 11 is 6.25. The summed E-state index contributed by atoms with van der Waals surface area (Å²) in [5.41, 5.74) is -0.471. The van der Waals surface area contributed by atoms with Gasteiger partial charge in [-0.2, -0.15) is 0 Å². The van der Waals surface area contributed by atoms with Crippen molar-refractivity contribution < 1.29 is 34.9 Å². The first-order chi connectivity index (χ1) is 15.5. The Balaban J connectivity index is 2.04. The van der Waals surface area contributed by atoms with E-state index in [0.717, 1.165) is 12.1 Å². The average Bonchev–Trinajstić information content (AvgIpc) is 2.70. The van der Waals surface area contributed by atoms with Crippen molar-refractivity contribution in [2.75, 3.05) is 20.1 Å². The predicted octanol–water partition coefficient (Wildman–Crippen LogP) is 3.07. The summed E-state index contributed by atoms with van der Waals surface area (Å²) in [7, 11) is -3.40. The number of β-amino-alcohol motifs (C(OH)–C–C–N with tert-alkyl or cyclic N) is 1. The Morgan fingerprint density at radius 3 is 2.72 bits per heavy atom. The van der Waals surface area contributed by atoms with Crippen LogP contribution in [0.3, 0.4) is 0 Å². The minimum atomic E-state index is -5.09. The molecule has 1 aliphatic heterocycles. The molecule has 0 aliphatic carbocycles. The summed E-state index contributed by atoms with van der Waals surface area (Å²) in [4.78, 5) is 33.3. The van der Waals surface area contributed by atoms with Gasteiger partial charge in [0, 0.05) is 37.1 Å². The summed E-state index contributed by atoms with van der Waals surface area (Å²) in [5, 5.41) is 21.5. The number of benzene rings is 2. The molecule has 0 saturated carbocycles. The first-order valence-electron chi connectivity index (χ1n) is 10.2. The van der Waals surface area contributed by atoms with Gasteiger partial charge >= 0.3 is 7.82 Å². The number of hydrogen-bond acceptors (Lipinski definition) is 7. The number of phenolic OH excluding ortho intramolecular Hbond substituents is 1. The number of phosphoric acid groups is 1. The number of likely N-dealkylation sites (N-methyl/N-ethyl adjacent to an activating group) is 1. The van der Waals surface area contributed by atoms with Gasteiger partial charge in [-0.25, -0.2) is 4.57 Å². The van der Waals surface area contributed by atoms with Crippen molar-refractivity contribution in [1.29, 1.82) is 0 Å². The molecule has 0 amide bonds. The molecular formula is C21H21ClNO8P. The third-order valence-corrected chi connectivity index (χ3v) is 6.08. The van der Waals surface area contributed by atoms with E-state index in [1.54, 1.807) is 36.2 Å². The Kier molecular flexibility index (Phi) is 5.71. The first kappa shape index (κ1) is 21.5. The van der Waals surface area contributed by atoms with Gasteiger partial charge in [-0.15, -0.1) is 0 Å². The zero-order valence-electron chi connectivity index (χ0n) is 17.8. The number of likely N-dealkylation sites (tertiary alicyclic amines) is 1. The van der Waals surface area contributed by atoms with Crippen LogP contribution in [-0.2, 0) is 4.57 Å². The van der Waals surface area contributed by atoms with E-state index in [1.807, 2.05) is 0 Å². The van der Waals surface area contributed by atoms with Crippen LogP contribution in [-0.4, -0.2) is 51.1 Å². The molecule has 0 spiro atoms. The fourth-order valence-electron chi connectivity index (χ4n) is 3.92. The van der Waals surface area contributed by atoms with E-state index in [0.29, 0.717) is 10.6 Å². The molecule has 1 aromatic heterocycles. The summed E-state index contributed by atoms with van der Waals surface area (Å²) < 4.78 is 30.4. The van der Waals surface area contributed by atoms with Crippen LogP contribution in [0.5, 0.6) is 11.5 Å². The lowest BCUT2D eigenvalue weighted by molar-refractivity contribution is 0.0630. The highest BCUT2D eigenvalue weighted by atomic mass is 35.5. The van der Waals surface area contributed by atoms with E-state index in [4.69, 9.17) is 17.4 Å². The molecule has 1 unspecified atom stereocenters. The van der Waals surface area contributed by atoms with Crippen LogP contribution in [0.1, 0.15) is 19.3 Å². The minimum Gasteiger partial charge on any atom is -0.507 e. The molecule has 1 fully saturated rings. The van der Waals surface area contributed by atoms with E-state index >= 15 is 0 Å². The largest absolute Gasteiger partial charge is 0.524 e. The molecule has 3 atom stereocenters. The molecule has 9 nitrogen and oxygen atoms in total. The van der Waals surface area contributed by atoms with Gasteiger partial charge in [-0.3, -0.25) is 14.6 Å². The van der Waals surface area contributed by atoms with E-state index < -0.39 is 43.3 Å². The predicted molar refractivity (Wildman–Crippen MR) is 118 cm³/mol. The van der Waals surface area contributed by atoms with Gasteiger partial charge in [0.2, 0.25) is 0 Å². The maximum Gasteiger partial charge on any atom is 0.524 e. The topological polar surface area (TPSA) is 141 Å². The Morgan fingerprint density at radius 1 is 1.31 bits per heavy atom. The molecule has 0 bridgehead atoms. The van der Waals surface area contributed by atoms with Gasteiger partial charge in [0.15, 0.2) is 5.43 Å². The zero-order chi connectivity index (χ0) is 24.1. The Labute approximate surface area is 189 Å². The van der Waals surface area contributed by atoms with Crippen molar-refractivity contribution in [1.82, 2.24) is 4.90 Å². The number of nitrogens with zero attached hydrogens (tertiary/aromatic N) is 1. The summed E-state index contributed by atoms with van der Waals surface area (Å²) in [6, 6.07) is 8.60. The summed E-state index contributed by atoms with van der Waals surface area (Å²) in [6.45, 7) is -0.563. The SMILES string of the molecule is [2H]C1C[C@H](c2c(O)cc(OP(=O)(O)O)c3c(=O)cc(-c4ccccc4Cl)oc23)[C@H](O)CN1C. The second-order valence-corrected chi connectivity index (χ2v) is 9.15. The van der Waals surface area contributed by atoms with Gasteiger partial charge in [0.05, 0.1) is 11.1 Å². The Morgan fingerprint density at radius 2 is 2.03 bits per heavy atom. The lowest BCUT2D eigenvalue weighted by atomic mass is 9.85. The number of phenols is 1. The summed E-state index contributed by atoms with van der Waals surface area (Å²) in [5.74, 6) is -1.80. The lowest BCUT2D eigenvalue weighted by Gasteiger charge is -2.34. The number of halogens is 1. The second-order valence-electron chi connectivity index (χ2n) is 7.58. The molecule has 0 radical (unpaired) electrons. The van der Waals surface area contributed by atoms with Crippen molar-refractivity contribution in [3.8, 4) is 22.8 Å². The van der Waals surface area contributed by atoms with Crippen LogP contribution < -0.4 is 9.95 Å². The number of aromatic hydroxyl groups is 1. The fourth-order valence-corrected chi connectivity index (χ4v) is 4.55. The average molecular weight is 483 g/mol. The lowest BCUT2D eigenvalue weighted by Crippen LogP contribution is -2.40. The number of phosphoric ester groups is 1. The second kappa shape index (κ2) is 8.51. The Bertz CT molecular complexity index is 1330. The van der Waals surface area contributed by atoms with Gasteiger partial charge in [0.1, 0.15) is 28.2 Å². The molecule has 11 heteroatoms. The zero-order valence-corrected chi connectivity index (χ0v) is 18.5. The third kappa shape index (κ3) is 4.41. The van der Waals surface area contributed by atoms with Crippen LogP contribution in [0.25, 0.3) is 22.3 Å². The smallest absolute Gasteiger partial charge is 0.507 e. The van der Waals surface area contributed by atoms with E-state index in [-0.39, 0.29) is 35.3 Å². The van der Waals surface area contributed by atoms with Crippen LogP contribution >= 0.6 is 19.4 Å². The standard InChI is InChI=1S/C21H21ClNO8P/c1-23-7-6-12(16(26)10-23)19-14(24)9-18(31-32(27,28)29)20-15(25)8-17(30-21(19)20)11-4-2-3-5-13(11)22/h2-5,8-9,12,16,24,26H,6-7,10H2,1H3,(H2,27,28,29)/t12-,16+/m0/s1/i7D/t7?,12-,16+. The van der Waals surface area contributed by atoms with Crippen molar-refractivity contribution in [2.45, 2.75) is 18.4 Å². The number of aliphatic hydroxyl groups excluding tert-OH is 1. The third-order valence-electron chi connectivity index (χ3n) is 5.32. The van der Waals surface area contributed by atoms with Crippen LogP contribution in [0.2, 0.25) is 5.02 Å². The van der Waals surface area contributed by atoms with Crippen molar-refractivity contribution in [3.63, 3.8) is 0 Å². The number of aliphatic hydroxyl groups is 1. The number of rotatable bonds is 4. The van der Waals surface area contributed by atoms with Gasteiger partial charge < -0.3 is 24.1 Å². The van der Waals surface area contributed by atoms with Gasteiger partial charge in [0.25, 0.3) is 0 Å². The van der Waals surface area contributed by atoms with E-state index in [1.165, 1.54) is 0 Å². The molecule has 1 aliphatic rings. The van der Waals surface area contributed by atoms with E-state index in [9.17, 15) is 29.4 Å². The highest BCUT2D eigenvalue weighted by Crippen LogP contribution is 2.47. The highest BCUT2D eigenvalue weighted by Gasteiger charge is 2.34. The molecular weight excluding hydrogens is 461 g/mol. The monoisotopic (exact) mass is 482 g/mol. The molecule has 1 saturated heterocycles. The molecule has 4 N–H and O–H groups in total. The number of piperidine rings is 1. The normalized spacial score (nSPS) is 22.7. The number of hydrogen-bond donors (Lipinski definition) is 4. The van der Waals surface area contributed by atoms with Crippen LogP contribution in [0.15, 0.2) is 45.6 Å².